The maximum atomic E-state index is 10.1. The summed E-state index contributed by atoms with van der Waals surface area (Å²) in [5.41, 5.74) is 3.48. The Kier molecular flexibility index (Phi) is 4.07. The molecule has 0 N–H and O–H groups in total. The molecule has 0 amide bonds. The van der Waals surface area contributed by atoms with Crippen LogP contribution in [0.15, 0.2) is 53.5 Å². The van der Waals surface area contributed by atoms with Crippen molar-refractivity contribution in [2.45, 2.75) is 6.42 Å². The van der Waals surface area contributed by atoms with Crippen LogP contribution in [-0.4, -0.2) is 6.08 Å². The van der Waals surface area contributed by atoms with Gasteiger partial charge in [0, 0.05) is 5.01 Å². The highest BCUT2D eigenvalue weighted by atomic mass is 16.4. The van der Waals surface area contributed by atoms with Crippen LogP contribution in [0.25, 0.3) is 5.01 Å². The fourth-order valence-electron chi connectivity index (χ4n) is 1.73. The summed E-state index contributed by atoms with van der Waals surface area (Å²) >= 11 is 0. The van der Waals surface area contributed by atoms with Crippen LogP contribution in [0, 0.1) is 11.3 Å². The molecule has 0 saturated heterocycles. The third-order valence-electron chi connectivity index (χ3n) is 2.65. The third-order valence-corrected chi connectivity index (χ3v) is 2.65. The summed E-state index contributed by atoms with van der Waals surface area (Å²) in [7, 11) is 0. The van der Waals surface area contributed by atoms with Gasteiger partial charge in [-0.15, -0.1) is 0 Å². The van der Waals surface area contributed by atoms with Gasteiger partial charge in [0.2, 0.25) is 6.08 Å². The van der Waals surface area contributed by atoms with E-state index in [1.54, 1.807) is 24.3 Å². The van der Waals surface area contributed by atoms with E-state index in [9.17, 15) is 10.0 Å². The molecule has 0 aromatic heterocycles. The summed E-state index contributed by atoms with van der Waals surface area (Å²) in [5, 5.41) is 12.6. The molecule has 0 spiro atoms. The smallest absolute Gasteiger partial charge is 0.336 e. The maximum Gasteiger partial charge on any atom is 0.336 e. The van der Waals surface area contributed by atoms with Crippen LogP contribution in [0.4, 0.5) is 5.69 Å². The van der Waals surface area contributed by atoms with Crippen LogP contribution in [0.3, 0.4) is 0 Å². The summed E-state index contributed by atoms with van der Waals surface area (Å²) in [6, 6.07) is 17.1. The van der Waals surface area contributed by atoms with Crippen molar-refractivity contribution < 1.29 is 4.79 Å². The van der Waals surface area contributed by atoms with Crippen LogP contribution in [0.5, 0.6) is 0 Å². The van der Waals surface area contributed by atoms with E-state index in [0.717, 1.165) is 17.5 Å². The number of aliphatic imine (C=N–C) groups is 1. The largest absolute Gasteiger partial charge is 0.498 e. The van der Waals surface area contributed by atoms with Crippen LogP contribution in [0.2, 0.25) is 0 Å². The molecule has 0 fully saturated rings. The van der Waals surface area contributed by atoms with Crippen molar-refractivity contribution in [3.63, 3.8) is 0 Å². The Morgan fingerprint density at radius 3 is 2.11 bits per heavy atom. The number of hydrogen-bond donors (Lipinski definition) is 0. The molecule has 2 rings (SSSR count). The molecule has 2 aromatic rings. The average Bonchev–Trinajstić information content (AvgIpc) is 2.44. The molecule has 0 atom stereocenters. The lowest BCUT2D eigenvalue weighted by Gasteiger charge is -2.01. The van der Waals surface area contributed by atoms with Gasteiger partial charge in [0.25, 0.3) is 0 Å². The van der Waals surface area contributed by atoms with Crippen LogP contribution < -0.4 is 0 Å². The van der Waals surface area contributed by atoms with Crippen molar-refractivity contribution >= 4 is 11.8 Å². The summed E-state index contributed by atoms with van der Waals surface area (Å²) in [4.78, 5) is 13.6. The number of nitrogens with zero attached hydrogens (tertiary/aromatic N) is 2. The van der Waals surface area contributed by atoms with Gasteiger partial charge in [-0.3, -0.25) is 0 Å². The molecule has 0 saturated carbocycles. The number of rotatable bonds is 3. The third kappa shape index (κ3) is 3.53. The van der Waals surface area contributed by atoms with E-state index in [4.69, 9.17) is 0 Å². The second-order valence-corrected chi connectivity index (χ2v) is 3.95. The van der Waals surface area contributed by atoms with Gasteiger partial charge in [-0.2, -0.15) is 4.99 Å². The van der Waals surface area contributed by atoms with E-state index in [1.165, 1.54) is 6.08 Å². The molecule has 2 aromatic carbocycles. The van der Waals surface area contributed by atoms with Crippen molar-refractivity contribution in [1.82, 2.24) is 0 Å². The molecule has 0 aliphatic heterocycles. The minimum atomic E-state index is 0.593. The molecule has 0 aliphatic carbocycles. The molecular formula is C15H10N2O2. The first-order chi connectivity index (χ1) is 9.31. The zero-order valence-electron chi connectivity index (χ0n) is 10.0. The minimum Gasteiger partial charge on any atom is -0.498 e. The van der Waals surface area contributed by atoms with Gasteiger partial charge >= 0.3 is 6.07 Å². The molecule has 0 aliphatic rings. The Morgan fingerprint density at radius 1 is 1.00 bits per heavy atom. The van der Waals surface area contributed by atoms with Crippen LogP contribution in [-0.2, 0) is 11.2 Å². The highest BCUT2D eigenvalue weighted by molar-refractivity contribution is 5.49. The Balaban J connectivity index is 2.11. The SMILES string of the molecule is O=C=Nc1ccc(Cc2ccc(C#[N+][O-])cc2)cc1. The summed E-state index contributed by atoms with van der Waals surface area (Å²) in [6.07, 6.45) is 2.27. The Hall–Kier alpha value is -2.89. The molecule has 4 heteroatoms. The fraction of sp³-hybridized carbons (Fsp3) is 0.0667. The lowest BCUT2D eigenvalue weighted by atomic mass is 10.0. The molecule has 4 nitrogen and oxygen atoms in total. The fourth-order valence-corrected chi connectivity index (χ4v) is 1.73. The predicted molar refractivity (Wildman–Crippen MR) is 73.2 cm³/mol. The minimum absolute atomic E-state index is 0.593. The first-order valence-electron chi connectivity index (χ1n) is 5.66. The second-order valence-electron chi connectivity index (χ2n) is 3.95. The normalized spacial score (nSPS) is 9.05. The Bertz CT molecular complexity index is 658. The topological polar surface area (TPSA) is 56.8 Å². The standard InChI is InChI=1S/C15H10N2O2/c18-11-16-15-7-5-13(6-8-15)9-12-1-3-14(4-2-12)10-17-19/h1-8H,9H2. The van der Waals surface area contributed by atoms with Crippen molar-refractivity contribution in [1.29, 1.82) is 0 Å². The lowest BCUT2D eigenvalue weighted by molar-refractivity contribution is 0.565. The summed E-state index contributed by atoms with van der Waals surface area (Å²) in [6.45, 7) is 0. The maximum absolute atomic E-state index is 10.1. The van der Waals surface area contributed by atoms with E-state index in [0.29, 0.717) is 11.3 Å². The van der Waals surface area contributed by atoms with Crippen LogP contribution >= 0.6 is 0 Å². The molecule has 0 heterocycles. The van der Waals surface area contributed by atoms with Crippen molar-refractivity contribution in [2.75, 3.05) is 0 Å². The van der Waals surface area contributed by atoms with Gasteiger partial charge in [0.15, 0.2) is 0 Å². The number of carbonyl (C=O) groups excluding carboxylic acids is 1. The highest BCUT2D eigenvalue weighted by Crippen LogP contribution is 2.15. The molecule has 0 unspecified atom stereocenters. The highest BCUT2D eigenvalue weighted by Gasteiger charge is 1.99. The van der Waals surface area contributed by atoms with Crippen LogP contribution in [0.1, 0.15) is 16.7 Å². The predicted octanol–water partition coefficient (Wildman–Crippen LogP) is 3.42. The summed E-state index contributed by atoms with van der Waals surface area (Å²) in [5.74, 6) is 0. The lowest BCUT2D eigenvalue weighted by Crippen LogP contribution is -1.87. The van der Waals surface area contributed by atoms with E-state index >= 15 is 0 Å². The number of benzene rings is 2. The first-order valence-corrected chi connectivity index (χ1v) is 5.66. The van der Waals surface area contributed by atoms with Gasteiger partial charge in [0.1, 0.15) is 5.56 Å². The molecule has 0 radical (unpaired) electrons. The van der Waals surface area contributed by atoms with Crippen molar-refractivity contribution in [2.24, 2.45) is 4.99 Å². The average molecular weight is 250 g/mol. The molecule has 0 bridgehead atoms. The van der Waals surface area contributed by atoms with E-state index in [1.807, 2.05) is 24.3 Å². The van der Waals surface area contributed by atoms with Gasteiger partial charge < -0.3 is 5.21 Å². The molecule has 19 heavy (non-hydrogen) atoms. The van der Waals surface area contributed by atoms with Crippen molar-refractivity contribution in [3.05, 3.63) is 75.4 Å². The van der Waals surface area contributed by atoms with Gasteiger partial charge in [0.05, 0.1) is 5.69 Å². The zero-order chi connectivity index (χ0) is 13.5. The van der Waals surface area contributed by atoms with E-state index in [2.05, 4.69) is 16.1 Å². The number of isocyanates is 1. The van der Waals surface area contributed by atoms with Gasteiger partial charge in [-0.05, 0) is 41.8 Å². The monoisotopic (exact) mass is 250 g/mol. The zero-order valence-corrected chi connectivity index (χ0v) is 10.0. The van der Waals surface area contributed by atoms with Gasteiger partial charge in [-0.25, -0.2) is 4.79 Å². The quantitative estimate of drug-likeness (QED) is 0.476. The second kappa shape index (κ2) is 6.15. The Labute approximate surface area is 110 Å². The Morgan fingerprint density at radius 2 is 1.58 bits per heavy atom. The summed E-state index contributed by atoms with van der Waals surface area (Å²) < 4.78 is 0. The van der Waals surface area contributed by atoms with E-state index < -0.39 is 0 Å². The molecule has 92 valence electrons. The first kappa shape index (κ1) is 12.6. The van der Waals surface area contributed by atoms with E-state index in [-0.39, 0.29) is 0 Å². The van der Waals surface area contributed by atoms with Crippen molar-refractivity contribution in [3.8, 4) is 6.07 Å². The number of hydrogen-bond acceptors (Lipinski definition) is 3. The van der Waals surface area contributed by atoms with Gasteiger partial charge in [-0.1, -0.05) is 24.3 Å². The molecular weight excluding hydrogens is 240 g/mol.